The Morgan fingerprint density at radius 2 is 1.73 bits per heavy atom. The first kappa shape index (κ1) is 23.6. The van der Waals surface area contributed by atoms with Crippen molar-refractivity contribution in [2.45, 2.75) is 33.8 Å². The Kier molecular flexibility index (Phi) is 8.61. The second kappa shape index (κ2) is 10.9. The Hall–Kier alpha value is -2.65. The zero-order chi connectivity index (χ0) is 22.3. The SMILES string of the molecule is Cc1cc(C)cc(OCC(=O)NNC(=S)NC(=O)c2cc(Br)ccc2OC(C)C)c1. The fraction of sp³-hybridized carbons (Fsp3) is 0.286. The van der Waals surface area contributed by atoms with Crippen molar-refractivity contribution in [1.82, 2.24) is 16.2 Å². The third-order valence-electron chi connectivity index (χ3n) is 3.66. The van der Waals surface area contributed by atoms with E-state index in [1.807, 2.05) is 45.9 Å². The van der Waals surface area contributed by atoms with Crippen LogP contribution in [0, 0.1) is 13.8 Å². The van der Waals surface area contributed by atoms with Crippen LogP contribution in [0.2, 0.25) is 0 Å². The minimum Gasteiger partial charge on any atom is -0.490 e. The number of halogens is 1. The van der Waals surface area contributed by atoms with Gasteiger partial charge in [-0.25, -0.2) is 0 Å². The average Bonchev–Trinajstić information content (AvgIpc) is 2.65. The molecule has 30 heavy (non-hydrogen) atoms. The highest BCUT2D eigenvalue weighted by Gasteiger charge is 2.16. The number of thiocarbonyl (C=S) groups is 1. The lowest BCUT2D eigenvalue weighted by atomic mass is 10.1. The summed E-state index contributed by atoms with van der Waals surface area (Å²) in [5.74, 6) is 0.118. The van der Waals surface area contributed by atoms with Gasteiger partial charge in [-0.15, -0.1) is 0 Å². The highest BCUT2D eigenvalue weighted by molar-refractivity contribution is 9.10. The molecule has 0 saturated carbocycles. The van der Waals surface area contributed by atoms with E-state index in [1.165, 1.54) is 0 Å². The predicted octanol–water partition coefficient (Wildman–Crippen LogP) is 3.57. The lowest BCUT2D eigenvalue weighted by Crippen LogP contribution is -2.49. The number of ether oxygens (including phenoxy) is 2. The van der Waals surface area contributed by atoms with E-state index in [4.69, 9.17) is 21.7 Å². The van der Waals surface area contributed by atoms with Crippen LogP contribution in [0.3, 0.4) is 0 Å². The zero-order valence-corrected chi connectivity index (χ0v) is 19.6. The topological polar surface area (TPSA) is 88.7 Å². The van der Waals surface area contributed by atoms with Crippen LogP contribution in [0.4, 0.5) is 0 Å². The van der Waals surface area contributed by atoms with Gasteiger partial charge in [-0.2, -0.15) is 0 Å². The van der Waals surface area contributed by atoms with Crippen LogP contribution in [-0.4, -0.2) is 29.6 Å². The summed E-state index contributed by atoms with van der Waals surface area (Å²) in [4.78, 5) is 24.5. The van der Waals surface area contributed by atoms with Gasteiger partial charge in [0.2, 0.25) is 0 Å². The number of benzene rings is 2. The first-order valence-electron chi connectivity index (χ1n) is 9.21. The molecule has 9 heteroatoms. The number of hydrogen-bond acceptors (Lipinski definition) is 5. The molecule has 0 aliphatic carbocycles. The van der Waals surface area contributed by atoms with Crippen LogP contribution < -0.4 is 25.6 Å². The number of rotatable bonds is 6. The molecule has 0 heterocycles. The summed E-state index contributed by atoms with van der Waals surface area (Å²) in [5, 5.41) is 2.45. The first-order chi connectivity index (χ1) is 14.1. The number of aryl methyl sites for hydroxylation is 2. The van der Waals surface area contributed by atoms with Gasteiger partial charge in [0, 0.05) is 4.47 Å². The Morgan fingerprint density at radius 1 is 1.07 bits per heavy atom. The summed E-state index contributed by atoms with van der Waals surface area (Å²) >= 11 is 8.41. The van der Waals surface area contributed by atoms with E-state index in [0.29, 0.717) is 17.1 Å². The van der Waals surface area contributed by atoms with E-state index in [2.05, 4.69) is 32.1 Å². The van der Waals surface area contributed by atoms with Gasteiger partial charge in [-0.3, -0.25) is 25.8 Å². The van der Waals surface area contributed by atoms with Gasteiger partial charge in [0.25, 0.3) is 11.8 Å². The van der Waals surface area contributed by atoms with Gasteiger partial charge < -0.3 is 9.47 Å². The molecular formula is C21H24BrN3O4S. The normalized spacial score (nSPS) is 10.3. The molecule has 2 aromatic rings. The maximum absolute atomic E-state index is 12.6. The van der Waals surface area contributed by atoms with Gasteiger partial charge >= 0.3 is 0 Å². The highest BCUT2D eigenvalue weighted by Crippen LogP contribution is 2.24. The Morgan fingerprint density at radius 3 is 2.37 bits per heavy atom. The molecule has 0 atom stereocenters. The molecule has 0 aliphatic heterocycles. The molecule has 0 unspecified atom stereocenters. The van der Waals surface area contributed by atoms with Crippen molar-refractivity contribution in [3.63, 3.8) is 0 Å². The largest absolute Gasteiger partial charge is 0.490 e. The standard InChI is InChI=1S/C21H24BrN3O4S/c1-12(2)29-18-6-5-15(22)10-17(18)20(27)23-21(30)25-24-19(26)11-28-16-8-13(3)7-14(4)9-16/h5-10,12H,11H2,1-4H3,(H,24,26)(H2,23,25,27,30). The average molecular weight is 494 g/mol. The van der Waals surface area contributed by atoms with E-state index in [0.717, 1.165) is 15.6 Å². The summed E-state index contributed by atoms with van der Waals surface area (Å²) in [6.45, 7) is 7.43. The van der Waals surface area contributed by atoms with E-state index in [9.17, 15) is 9.59 Å². The van der Waals surface area contributed by atoms with E-state index in [1.54, 1.807) is 18.2 Å². The summed E-state index contributed by atoms with van der Waals surface area (Å²) in [7, 11) is 0. The molecule has 7 nitrogen and oxygen atoms in total. The minimum atomic E-state index is -0.467. The molecule has 2 aromatic carbocycles. The maximum Gasteiger partial charge on any atom is 0.276 e. The first-order valence-corrected chi connectivity index (χ1v) is 10.4. The van der Waals surface area contributed by atoms with Crippen molar-refractivity contribution in [1.29, 1.82) is 0 Å². The van der Waals surface area contributed by atoms with Gasteiger partial charge in [-0.05, 0) is 81.4 Å². The molecule has 3 N–H and O–H groups in total. The number of carbonyl (C=O) groups is 2. The van der Waals surface area contributed by atoms with E-state index >= 15 is 0 Å². The molecule has 0 fully saturated rings. The van der Waals surface area contributed by atoms with Gasteiger partial charge in [0.05, 0.1) is 11.7 Å². The third kappa shape index (κ3) is 7.64. The molecule has 0 aliphatic rings. The minimum absolute atomic E-state index is 0.0600. The fourth-order valence-electron chi connectivity index (χ4n) is 2.57. The maximum atomic E-state index is 12.6. The van der Waals surface area contributed by atoms with Gasteiger partial charge in [0.15, 0.2) is 11.7 Å². The second-order valence-corrected chi connectivity index (χ2v) is 8.20. The number of amides is 2. The Balaban J connectivity index is 1.86. The molecule has 0 spiro atoms. The molecule has 0 saturated heterocycles. The van der Waals surface area contributed by atoms with Crippen molar-refractivity contribution in [2.24, 2.45) is 0 Å². The van der Waals surface area contributed by atoms with Crippen molar-refractivity contribution >= 4 is 45.1 Å². The monoisotopic (exact) mass is 493 g/mol. The van der Waals surface area contributed by atoms with Crippen LogP contribution in [0.15, 0.2) is 40.9 Å². The molecule has 0 bridgehead atoms. The number of nitrogens with one attached hydrogen (secondary N) is 3. The van der Waals surface area contributed by atoms with Crippen LogP contribution in [0.1, 0.15) is 35.3 Å². The molecule has 160 valence electrons. The Labute approximate surface area is 189 Å². The van der Waals surface area contributed by atoms with Crippen molar-refractivity contribution in [3.05, 3.63) is 57.6 Å². The number of hydrogen-bond donors (Lipinski definition) is 3. The lowest BCUT2D eigenvalue weighted by Gasteiger charge is -2.15. The predicted molar refractivity (Wildman–Crippen MR) is 123 cm³/mol. The van der Waals surface area contributed by atoms with Crippen LogP contribution in [0.25, 0.3) is 0 Å². The van der Waals surface area contributed by atoms with Crippen LogP contribution >= 0.6 is 28.1 Å². The van der Waals surface area contributed by atoms with Gasteiger partial charge in [0.1, 0.15) is 11.5 Å². The van der Waals surface area contributed by atoms with Crippen LogP contribution in [-0.2, 0) is 4.79 Å². The molecule has 0 radical (unpaired) electrons. The zero-order valence-electron chi connectivity index (χ0n) is 17.2. The van der Waals surface area contributed by atoms with E-state index in [-0.39, 0.29) is 17.8 Å². The molecule has 2 rings (SSSR count). The number of carbonyl (C=O) groups excluding carboxylic acids is 2. The molecule has 0 aromatic heterocycles. The second-order valence-electron chi connectivity index (χ2n) is 6.88. The van der Waals surface area contributed by atoms with E-state index < -0.39 is 11.8 Å². The van der Waals surface area contributed by atoms with Crippen molar-refractivity contribution < 1.29 is 19.1 Å². The highest BCUT2D eigenvalue weighted by atomic mass is 79.9. The molecule has 2 amide bonds. The smallest absolute Gasteiger partial charge is 0.276 e. The summed E-state index contributed by atoms with van der Waals surface area (Å²) < 4.78 is 11.9. The number of hydrazine groups is 1. The lowest BCUT2D eigenvalue weighted by molar-refractivity contribution is -0.123. The molecular weight excluding hydrogens is 470 g/mol. The third-order valence-corrected chi connectivity index (χ3v) is 4.35. The van der Waals surface area contributed by atoms with Crippen molar-refractivity contribution in [2.75, 3.05) is 6.61 Å². The summed E-state index contributed by atoms with van der Waals surface area (Å²) in [6, 6.07) is 10.8. The van der Waals surface area contributed by atoms with Crippen LogP contribution in [0.5, 0.6) is 11.5 Å². The summed E-state index contributed by atoms with van der Waals surface area (Å²) in [5.41, 5.74) is 7.27. The Bertz CT molecular complexity index is 930. The van der Waals surface area contributed by atoms with Gasteiger partial charge in [-0.1, -0.05) is 22.0 Å². The van der Waals surface area contributed by atoms with Crippen molar-refractivity contribution in [3.8, 4) is 11.5 Å². The fourth-order valence-corrected chi connectivity index (χ4v) is 3.07. The summed E-state index contributed by atoms with van der Waals surface area (Å²) in [6.07, 6.45) is -0.0979. The quantitative estimate of drug-likeness (QED) is 0.421.